The molecule has 2 unspecified atom stereocenters. The summed E-state index contributed by atoms with van der Waals surface area (Å²) in [4.78, 5) is 36.2. The van der Waals surface area contributed by atoms with Crippen LogP contribution in [0.15, 0.2) is 49.1 Å². The molecular weight excluding hydrogens is 488 g/mol. The summed E-state index contributed by atoms with van der Waals surface area (Å²) in [5.41, 5.74) is 1.49. The monoisotopic (exact) mass is 518 g/mol. The number of carbonyl (C=O) groups is 2. The number of nitrogens with zero attached hydrogens (tertiary/aromatic N) is 5. The third kappa shape index (κ3) is 4.35. The van der Waals surface area contributed by atoms with Gasteiger partial charge < -0.3 is 10.1 Å². The summed E-state index contributed by atoms with van der Waals surface area (Å²) < 4.78 is 8.38. The summed E-state index contributed by atoms with van der Waals surface area (Å²) in [6.07, 6.45) is 12.6. The minimum Gasteiger partial charge on any atom is -0.465 e. The van der Waals surface area contributed by atoms with Crippen LogP contribution < -0.4 is 5.32 Å². The molecule has 2 atom stereocenters. The van der Waals surface area contributed by atoms with Gasteiger partial charge in [-0.2, -0.15) is 10.2 Å². The molecule has 4 saturated carbocycles. The third-order valence-corrected chi connectivity index (χ3v) is 8.62. The van der Waals surface area contributed by atoms with Crippen LogP contribution in [0.25, 0.3) is 0 Å². The molecule has 0 aliphatic heterocycles. The lowest BCUT2D eigenvalue weighted by Gasteiger charge is -2.61. The van der Waals surface area contributed by atoms with Gasteiger partial charge in [0.25, 0.3) is 0 Å². The van der Waals surface area contributed by atoms with E-state index in [9.17, 15) is 19.7 Å². The first kappa shape index (κ1) is 24.3. The molecule has 1 N–H and O–H groups in total. The fraction of sp³-hybridized carbons (Fsp3) is 0.481. The van der Waals surface area contributed by atoms with Crippen molar-refractivity contribution in [3.05, 3.63) is 70.3 Å². The predicted molar refractivity (Wildman–Crippen MR) is 136 cm³/mol. The zero-order valence-corrected chi connectivity index (χ0v) is 21.2. The second kappa shape index (κ2) is 9.07. The average Bonchev–Trinajstić information content (AvgIpc) is 3.53. The highest BCUT2D eigenvalue weighted by Crippen LogP contribution is 2.65. The molecule has 1 aromatic carbocycles. The van der Waals surface area contributed by atoms with E-state index in [0.29, 0.717) is 36.1 Å². The zero-order valence-electron chi connectivity index (χ0n) is 21.2. The van der Waals surface area contributed by atoms with Gasteiger partial charge in [-0.25, -0.2) is 4.79 Å². The van der Waals surface area contributed by atoms with Crippen molar-refractivity contribution in [2.24, 2.45) is 17.3 Å². The Kier molecular flexibility index (Phi) is 5.81. The number of aromatic nitrogens is 4. The fourth-order valence-corrected chi connectivity index (χ4v) is 7.75. The molecule has 3 aromatic rings. The van der Waals surface area contributed by atoms with E-state index in [1.54, 1.807) is 35.4 Å². The first-order chi connectivity index (χ1) is 18.3. The Balaban J connectivity index is 1.15. The zero-order chi connectivity index (χ0) is 26.5. The molecule has 2 heterocycles. The minimum atomic E-state index is -0.403. The molecule has 11 heteroatoms. The van der Waals surface area contributed by atoms with Crippen molar-refractivity contribution in [1.29, 1.82) is 0 Å². The number of rotatable bonds is 8. The lowest BCUT2D eigenvalue weighted by atomic mass is 9.46. The largest absolute Gasteiger partial charge is 0.465 e. The average molecular weight is 519 g/mol. The number of hydrogen-bond donors (Lipinski definition) is 1. The molecule has 7 rings (SSSR count). The van der Waals surface area contributed by atoms with Crippen molar-refractivity contribution >= 4 is 23.3 Å². The Morgan fingerprint density at radius 3 is 2.61 bits per heavy atom. The highest BCUT2D eigenvalue weighted by molar-refractivity contribution is 5.91. The van der Waals surface area contributed by atoms with E-state index in [0.717, 1.165) is 44.1 Å². The smallest absolute Gasteiger partial charge is 0.338 e. The number of methoxy groups -OCH3 is 1. The van der Waals surface area contributed by atoms with Crippen LogP contribution in [0.4, 0.5) is 11.4 Å². The molecule has 2 aromatic heterocycles. The molecule has 1 amide bonds. The Labute approximate surface area is 219 Å². The standard InChI is InChI=1S/C27H30N6O5/c1-38-25(35)23-5-3-2-4-20(23)14-31-15-21(12-28-31)30-24(34)11-26-7-18-6-19(8-26)10-27(9-18,17-26)32-16-22(13-29-32)33(36)37/h2-5,12-13,15-16,18-19H,6-11,14,17H2,1H3,(H,30,34). The van der Waals surface area contributed by atoms with Gasteiger partial charge in [-0.3, -0.25) is 24.3 Å². The summed E-state index contributed by atoms with van der Waals surface area (Å²) >= 11 is 0. The van der Waals surface area contributed by atoms with Gasteiger partial charge in [-0.05, 0) is 67.4 Å². The summed E-state index contributed by atoms with van der Waals surface area (Å²) in [6, 6.07) is 7.21. The first-order valence-corrected chi connectivity index (χ1v) is 12.9. The van der Waals surface area contributed by atoms with Crippen LogP contribution in [0.5, 0.6) is 0 Å². The summed E-state index contributed by atoms with van der Waals surface area (Å²) in [5.74, 6) is 0.553. The molecule has 4 aliphatic rings. The molecule has 0 spiro atoms. The molecular formula is C27H30N6O5. The normalized spacial score (nSPS) is 27.3. The van der Waals surface area contributed by atoms with Crippen molar-refractivity contribution in [3.8, 4) is 0 Å². The van der Waals surface area contributed by atoms with Gasteiger partial charge in [0, 0.05) is 12.6 Å². The number of benzene rings is 1. The van der Waals surface area contributed by atoms with Crippen LogP contribution in [0.3, 0.4) is 0 Å². The van der Waals surface area contributed by atoms with Crippen LogP contribution in [0.2, 0.25) is 0 Å². The number of anilines is 1. The number of amides is 1. The van der Waals surface area contributed by atoms with Crippen LogP contribution in [-0.4, -0.2) is 43.5 Å². The van der Waals surface area contributed by atoms with Crippen LogP contribution >= 0.6 is 0 Å². The molecule has 11 nitrogen and oxygen atoms in total. The van der Waals surface area contributed by atoms with Crippen LogP contribution in [0, 0.1) is 27.4 Å². The van der Waals surface area contributed by atoms with Gasteiger partial charge in [0.05, 0.1) is 41.6 Å². The fourth-order valence-electron chi connectivity index (χ4n) is 7.75. The molecule has 4 fully saturated rings. The minimum absolute atomic E-state index is 0.0127. The van der Waals surface area contributed by atoms with E-state index < -0.39 is 10.9 Å². The van der Waals surface area contributed by atoms with Gasteiger partial charge in [0.1, 0.15) is 12.4 Å². The van der Waals surface area contributed by atoms with Gasteiger partial charge in [-0.1, -0.05) is 18.2 Å². The SMILES string of the molecule is COC(=O)c1ccccc1Cn1cc(NC(=O)CC23CC4CC(C2)CC(n2cc([N+](=O)[O-])cn2)(C4)C3)cn1. The summed E-state index contributed by atoms with van der Waals surface area (Å²) in [6.45, 7) is 0.368. The van der Waals surface area contributed by atoms with E-state index in [-0.39, 0.29) is 22.5 Å². The van der Waals surface area contributed by atoms with Gasteiger partial charge in [-0.15, -0.1) is 0 Å². The molecule has 0 radical (unpaired) electrons. The first-order valence-electron chi connectivity index (χ1n) is 12.9. The second-order valence-corrected chi connectivity index (χ2v) is 11.4. The summed E-state index contributed by atoms with van der Waals surface area (Å²) in [7, 11) is 1.35. The number of hydrogen-bond acceptors (Lipinski definition) is 7. The third-order valence-electron chi connectivity index (χ3n) is 8.62. The van der Waals surface area contributed by atoms with Crippen molar-refractivity contribution in [1.82, 2.24) is 19.6 Å². The van der Waals surface area contributed by atoms with E-state index in [1.165, 1.54) is 13.3 Å². The van der Waals surface area contributed by atoms with Gasteiger partial charge in [0.15, 0.2) is 0 Å². The number of nitro groups is 1. The van der Waals surface area contributed by atoms with Crippen molar-refractivity contribution in [2.75, 3.05) is 12.4 Å². The van der Waals surface area contributed by atoms with E-state index in [4.69, 9.17) is 4.74 Å². The maximum absolute atomic E-state index is 13.3. The lowest BCUT2D eigenvalue weighted by molar-refractivity contribution is -0.385. The van der Waals surface area contributed by atoms with Crippen molar-refractivity contribution in [2.45, 2.75) is 57.0 Å². The highest BCUT2D eigenvalue weighted by atomic mass is 16.6. The van der Waals surface area contributed by atoms with E-state index in [1.807, 2.05) is 16.8 Å². The Bertz CT molecular complexity index is 1400. The number of esters is 1. The predicted octanol–water partition coefficient (Wildman–Crippen LogP) is 4.15. The quantitative estimate of drug-likeness (QED) is 0.269. The van der Waals surface area contributed by atoms with Gasteiger partial charge in [0.2, 0.25) is 5.91 Å². The Morgan fingerprint density at radius 1 is 1.13 bits per heavy atom. The van der Waals surface area contributed by atoms with E-state index >= 15 is 0 Å². The molecule has 4 bridgehead atoms. The highest BCUT2D eigenvalue weighted by Gasteiger charge is 2.59. The van der Waals surface area contributed by atoms with Gasteiger partial charge >= 0.3 is 11.7 Å². The second-order valence-electron chi connectivity index (χ2n) is 11.4. The maximum atomic E-state index is 13.3. The number of carbonyl (C=O) groups excluding carboxylic acids is 2. The Morgan fingerprint density at radius 2 is 1.89 bits per heavy atom. The maximum Gasteiger partial charge on any atom is 0.338 e. The molecule has 4 aliphatic carbocycles. The lowest BCUT2D eigenvalue weighted by Crippen LogP contribution is -2.57. The Hall–Kier alpha value is -4.02. The van der Waals surface area contributed by atoms with Crippen LogP contribution in [0.1, 0.15) is 60.9 Å². The molecule has 38 heavy (non-hydrogen) atoms. The summed E-state index contributed by atoms with van der Waals surface area (Å²) in [5, 5.41) is 23.0. The van der Waals surface area contributed by atoms with E-state index in [2.05, 4.69) is 15.5 Å². The molecule has 198 valence electrons. The molecule has 0 saturated heterocycles. The van der Waals surface area contributed by atoms with Crippen LogP contribution in [-0.2, 0) is 21.6 Å². The topological polar surface area (TPSA) is 134 Å². The van der Waals surface area contributed by atoms with Crippen molar-refractivity contribution < 1.29 is 19.2 Å². The number of ether oxygens (including phenoxy) is 1. The van der Waals surface area contributed by atoms with Crippen molar-refractivity contribution in [3.63, 3.8) is 0 Å². The number of nitrogens with one attached hydrogen (secondary N) is 1.